The van der Waals surface area contributed by atoms with Crippen molar-refractivity contribution in [2.24, 2.45) is 17.3 Å². The van der Waals surface area contributed by atoms with Crippen molar-refractivity contribution >= 4 is 5.78 Å². The smallest absolute Gasteiger partial charge is 0.133 e. The molecule has 1 saturated carbocycles. The highest BCUT2D eigenvalue weighted by Crippen LogP contribution is 2.44. The number of rotatable bonds is 3. The molecule has 0 spiro atoms. The van der Waals surface area contributed by atoms with Gasteiger partial charge < -0.3 is 0 Å². The maximum atomic E-state index is 11.4. The second-order valence-corrected chi connectivity index (χ2v) is 5.40. The number of ketones is 1. The van der Waals surface area contributed by atoms with Crippen LogP contribution in [-0.2, 0) is 4.79 Å². The number of carbonyl (C=O) groups excluding carboxylic acids is 1. The molecule has 2 unspecified atom stereocenters. The van der Waals surface area contributed by atoms with Gasteiger partial charge in [0.15, 0.2) is 0 Å². The Balaban J connectivity index is 2.77. The normalized spacial score (nSPS) is 27.5. The molecule has 1 nitrogen and oxygen atoms in total. The number of terminal acetylenes is 1. The summed E-state index contributed by atoms with van der Waals surface area (Å²) in [6.45, 7) is 6.83. The van der Waals surface area contributed by atoms with Gasteiger partial charge in [0, 0.05) is 19.3 Å². The second-order valence-electron chi connectivity index (χ2n) is 5.40. The Labute approximate surface area is 93.6 Å². The first kappa shape index (κ1) is 12.3. The van der Waals surface area contributed by atoms with E-state index in [0.717, 1.165) is 25.7 Å². The maximum Gasteiger partial charge on any atom is 0.133 e. The lowest BCUT2D eigenvalue weighted by Gasteiger charge is -2.41. The van der Waals surface area contributed by atoms with Gasteiger partial charge in [-0.2, -0.15) is 0 Å². The van der Waals surface area contributed by atoms with E-state index in [9.17, 15) is 4.79 Å². The van der Waals surface area contributed by atoms with Crippen LogP contribution in [0, 0.1) is 29.6 Å². The zero-order valence-corrected chi connectivity index (χ0v) is 10.2. The van der Waals surface area contributed by atoms with Crippen molar-refractivity contribution in [1.29, 1.82) is 0 Å². The summed E-state index contributed by atoms with van der Waals surface area (Å²) >= 11 is 0. The van der Waals surface area contributed by atoms with Crippen molar-refractivity contribution in [3.63, 3.8) is 0 Å². The van der Waals surface area contributed by atoms with Crippen molar-refractivity contribution in [2.45, 2.75) is 52.9 Å². The number of hydrogen-bond acceptors (Lipinski definition) is 1. The third kappa shape index (κ3) is 2.84. The van der Waals surface area contributed by atoms with Crippen LogP contribution in [0.5, 0.6) is 0 Å². The number of hydrogen-bond donors (Lipinski definition) is 0. The predicted octanol–water partition coefficient (Wildman–Crippen LogP) is 3.43. The zero-order valence-electron chi connectivity index (χ0n) is 10.2. The zero-order chi connectivity index (χ0) is 11.5. The summed E-state index contributed by atoms with van der Waals surface area (Å²) < 4.78 is 0. The standard InChI is InChI=1S/C14H22O/c1-5-7-11-10-12(15)8-9-13(11)14(3,4)6-2/h1,11,13H,6-10H2,2-4H3. The van der Waals surface area contributed by atoms with Gasteiger partial charge in [-0.15, -0.1) is 12.3 Å². The van der Waals surface area contributed by atoms with Crippen LogP contribution in [0.25, 0.3) is 0 Å². The van der Waals surface area contributed by atoms with Crippen LogP contribution < -0.4 is 0 Å². The van der Waals surface area contributed by atoms with Crippen LogP contribution in [0.4, 0.5) is 0 Å². The van der Waals surface area contributed by atoms with Crippen molar-refractivity contribution in [3.05, 3.63) is 0 Å². The molecule has 0 aliphatic heterocycles. The lowest BCUT2D eigenvalue weighted by Crippen LogP contribution is -2.35. The number of carbonyl (C=O) groups is 1. The third-order valence-corrected chi connectivity index (χ3v) is 4.09. The van der Waals surface area contributed by atoms with E-state index in [-0.39, 0.29) is 0 Å². The van der Waals surface area contributed by atoms with Crippen LogP contribution in [0.15, 0.2) is 0 Å². The van der Waals surface area contributed by atoms with Crippen LogP contribution in [0.3, 0.4) is 0 Å². The largest absolute Gasteiger partial charge is 0.300 e. The first-order valence-electron chi connectivity index (χ1n) is 5.96. The van der Waals surface area contributed by atoms with Gasteiger partial charge in [0.2, 0.25) is 0 Å². The van der Waals surface area contributed by atoms with E-state index in [1.807, 2.05) is 0 Å². The Bertz CT molecular complexity index is 270. The average Bonchev–Trinajstić information content (AvgIpc) is 2.18. The van der Waals surface area contributed by atoms with Crippen LogP contribution in [-0.4, -0.2) is 5.78 Å². The van der Waals surface area contributed by atoms with Gasteiger partial charge in [-0.25, -0.2) is 0 Å². The van der Waals surface area contributed by atoms with Crippen molar-refractivity contribution in [3.8, 4) is 12.3 Å². The van der Waals surface area contributed by atoms with Gasteiger partial charge in [-0.05, 0) is 23.7 Å². The molecule has 15 heavy (non-hydrogen) atoms. The molecular formula is C14H22O. The molecule has 0 bridgehead atoms. The Kier molecular flexibility index (Phi) is 3.97. The summed E-state index contributed by atoms with van der Waals surface area (Å²) in [5.74, 6) is 4.18. The van der Waals surface area contributed by atoms with E-state index in [4.69, 9.17) is 6.42 Å². The molecule has 1 aliphatic carbocycles. The minimum atomic E-state index is 0.322. The Morgan fingerprint density at radius 2 is 2.20 bits per heavy atom. The Morgan fingerprint density at radius 3 is 2.73 bits per heavy atom. The highest BCUT2D eigenvalue weighted by Gasteiger charge is 2.37. The first-order chi connectivity index (χ1) is 7.01. The fourth-order valence-corrected chi connectivity index (χ4v) is 2.75. The third-order valence-electron chi connectivity index (χ3n) is 4.09. The summed E-state index contributed by atoms with van der Waals surface area (Å²) in [5.41, 5.74) is 0.322. The molecule has 0 N–H and O–H groups in total. The quantitative estimate of drug-likeness (QED) is 0.646. The fraction of sp³-hybridized carbons (Fsp3) is 0.786. The molecule has 0 radical (unpaired) electrons. The predicted molar refractivity (Wildman–Crippen MR) is 63.4 cm³/mol. The summed E-state index contributed by atoms with van der Waals surface area (Å²) in [4.78, 5) is 11.4. The molecule has 0 aromatic heterocycles. The molecule has 84 valence electrons. The molecule has 1 fully saturated rings. The second kappa shape index (κ2) is 4.84. The molecule has 1 heteroatoms. The maximum absolute atomic E-state index is 11.4. The number of Topliss-reactive ketones (excluding diaryl/α,β-unsaturated/α-hetero) is 1. The van der Waals surface area contributed by atoms with E-state index in [1.54, 1.807) is 0 Å². The van der Waals surface area contributed by atoms with E-state index >= 15 is 0 Å². The monoisotopic (exact) mass is 206 g/mol. The van der Waals surface area contributed by atoms with Crippen LogP contribution >= 0.6 is 0 Å². The van der Waals surface area contributed by atoms with Crippen molar-refractivity contribution < 1.29 is 4.79 Å². The van der Waals surface area contributed by atoms with Crippen molar-refractivity contribution in [1.82, 2.24) is 0 Å². The van der Waals surface area contributed by atoms with E-state index in [0.29, 0.717) is 29.5 Å². The summed E-state index contributed by atoms with van der Waals surface area (Å²) in [6, 6.07) is 0. The highest BCUT2D eigenvalue weighted by atomic mass is 16.1. The molecule has 1 aliphatic rings. The molecule has 0 amide bonds. The van der Waals surface area contributed by atoms with Gasteiger partial charge in [0.05, 0.1) is 0 Å². The first-order valence-corrected chi connectivity index (χ1v) is 5.96. The summed E-state index contributed by atoms with van der Waals surface area (Å²) in [6.07, 6.45) is 9.81. The SMILES string of the molecule is C#CCC1CC(=O)CCC1C(C)(C)CC. The molecule has 0 heterocycles. The van der Waals surface area contributed by atoms with Gasteiger partial charge >= 0.3 is 0 Å². The van der Waals surface area contributed by atoms with Gasteiger partial charge in [-0.3, -0.25) is 4.79 Å². The molecule has 0 aromatic carbocycles. The highest BCUT2D eigenvalue weighted by molar-refractivity contribution is 5.79. The Morgan fingerprint density at radius 1 is 1.53 bits per heavy atom. The molecule has 2 atom stereocenters. The van der Waals surface area contributed by atoms with E-state index in [2.05, 4.69) is 26.7 Å². The van der Waals surface area contributed by atoms with Gasteiger partial charge in [0.1, 0.15) is 5.78 Å². The molecule has 1 rings (SSSR count). The fourth-order valence-electron chi connectivity index (χ4n) is 2.75. The van der Waals surface area contributed by atoms with E-state index in [1.165, 1.54) is 0 Å². The lowest BCUT2D eigenvalue weighted by molar-refractivity contribution is -0.124. The van der Waals surface area contributed by atoms with Crippen LogP contribution in [0.1, 0.15) is 52.9 Å². The molecular weight excluding hydrogens is 184 g/mol. The minimum Gasteiger partial charge on any atom is -0.300 e. The Hall–Kier alpha value is -0.770. The van der Waals surface area contributed by atoms with Gasteiger partial charge in [-0.1, -0.05) is 27.2 Å². The molecule has 0 saturated heterocycles. The molecule has 0 aromatic rings. The van der Waals surface area contributed by atoms with E-state index < -0.39 is 0 Å². The average molecular weight is 206 g/mol. The lowest BCUT2D eigenvalue weighted by atomic mass is 9.63. The topological polar surface area (TPSA) is 17.1 Å². The van der Waals surface area contributed by atoms with Gasteiger partial charge in [0.25, 0.3) is 0 Å². The minimum absolute atomic E-state index is 0.322. The summed E-state index contributed by atoms with van der Waals surface area (Å²) in [5, 5.41) is 0. The van der Waals surface area contributed by atoms with Crippen LogP contribution in [0.2, 0.25) is 0 Å². The summed E-state index contributed by atoms with van der Waals surface area (Å²) in [7, 11) is 0. The van der Waals surface area contributed by atoms with Crippen molar-refractivity contribution in [2.75, 3.05) is 0 Å².